The van der Waals surface area contributed by atoms with Gasteiger partial charge in [0.25, 0.3) is 0 Å². The molecule has 0 heterocycles. The Labute approximate surface area is 128 Å². The second kappa shape index (κ2) is 5.93. The van der Waals surface area contributed by atoms with Gasteiger partial charge in [0.05, 0.1) is 0 Å². The van der Waals surface area contributed by atoms with Gasteiger partial charge in [0.1, 0.15) is 16.4 Å². The molecular weight excluding hydrogens is 312 g/mol. The van der Waals surface area contributed by atoms with E-state index in [0.717, 1.165) is 5.56 Å². The maximum atomic E-state index is 12.0. The van der Waals surface area contributed by atoms with Gasteiger partial charge >= 0.3 is 0 Å². The number of benzene rings is 2. The molecule has 0 atom stereocenters. The van der Waals surface area contributed by atoms with Crippen LogP contribution in [0.15, 0.2) is 41.3 Å². The fourth-order valence-electron chi connectivity index (χ4n) is 1.73. The molecule has 0 saturated carbocycles. The minimum atomic E-state index is -3.68. The first-order chi connectivity index (χ1) is 9.83. The van der Waals surface area contributed by atoms with Crippen LogP contribution < -0.4 is 15.2 Å². The maximum Gasteiger partial charge on any atom is 0.244 e. The minimum absolute atomic E-state index is 0.0237. The summed E-state index contributed by atoms with van der Waals surface area (Å²) in [5.41, 5.74) is 6.83. The second-order valence-corrected chi connectivity index (χ2v) is 6.72. The quantitative estimate of drug-likeness (QED) is 0.846. The smallest absolute Gasteiger partial charge is 0.244 e. The third-order valence-electron chi connectivity index (χ3n) is 2.90. The number of sulfonamides is 1. The topological polar surface area (TPSA) is 81.4 Å². The van der Waals surface area contributed by atoms with Crippen LogP contribution >= 0.6 is 11.6 Å². The zero-order chi connectivity index (χ0) is 15.6. The maximum absolute atomic E-state index is 12.0. The molecule has 7 heteroatoms. The van der Waals surface area contributed by atoms with E-state index in [1.807, 2.05) is 6.92 Å². The molecule has 0 saturated heterocycles. The molecule has 0 aliphatic heterocycles. The first kappa shape index (κ1) is 15.6. The molecule has 0 bridgehead atoms. The Morgan fingerprint density at radius 2 is 1.86 bits per heavy atom. The molecule has 112 valence electrons. The number of anilines is 1. The zero-order valence-electron chi connectivity index (χ0n) is 11.6. The van der Waals surface area contributed by atoms with E-state index in [4.69, 9.17) is 22.1 Å². The lowest BCUT2D eigenvalue weighted by Crippen LogP contribution is -2.19. The van der Waals surface area contributed by atoms with Gasteiger partial charge in [-0.2, -0.15) is 0 Å². The molecular formula is C14H15ClN2O3S. The van der Waals surface area contributed by atoms with Gasteiger partial charge in [0.15, 0.2) is 0 Å². The van der Waals surface area contributed by atoms with E-state index in [2.05, 4.69) is 4.72 Å². The van der Waals surface area contributed by atoms with Crippen LogP contribution in [0.25, 0.3) is 0 Å². The van der Waals surface area contributed by atoms with Gasteiger partial charge < -0.3 is 10.5 Å². The van der Waals surface area contributed by atoms with E-state index >= 15 is 0 Å². The van der Waals surface area contributed by atoms with Crippen LogP contribution in [-0.2, 0) is 10.0 Å². The fourth-order valence-corrected chi connectivity index (χ4v) is 2.78. The highest BCUT2D eigenvalue weighted by molar-refractivity contribution is 7.89. The van der Waals surface area contributed by atoms with Gasteiger partial charge in [0.2, 0.25) is 10.0 Å². The van der Waals surface area contributed by atoms with Gasteiger partial charge in [-0.05, 0) is 49.9 Å². The van der Waals surface area contributed by atoms with Gasteiger partial charge in [-0.1, -0.05) is 17.7 Å². The van der Waals surface area contributed by atoms with Crippen molar-refractivity contribution < 1.29 is 13.2 Å². The summed E-state index contributed by atoms with van der Waals surface area (Å²) in [5.74, 6) is 0.670. The van der Waals surface area contributed by atoms with Crippen molar-refractivity contribution in [1.82, 2.24) is 4.72 Å². The van der Waals surface area contributed by atoms with Gasteiger partial charge in [-0.15, -0.1) is 0 Å². The molecule has 2 aromatic rings. The first-order valence-corrected chi connectivity index (χ1v) is 7.96. The second-order valence-electron chi connectivity index (χ2n) is 4.43. The van der Waals surface area contributed by atoms with E-state index in [1.54, 1.807) is 24.3 Å². The number of rotatable bonds is 4. The highest BCUT2D eigenvalue weighted by atomic mass is 35.5. The van der Waals surface area contributed by atoms with Crippen molar-refractivity contribution in [2.75, 3.05) is 12.8 Å². The Morgan fingerprint density at radius 3 is 2.52 bits per heavy atom. The van der Waals surface area contributed by atoms with E-state index in [0.29, 0.717) is 16.5 Å². The summed E-state index contributed by atoms with van der Waals surface area (Å²) in [6.07, 6.45) is 0. The van der Waals surface area contributed by atoms with Crippen molar-refractivity contribution in [1.29, 1.82) is 0 Å². The normalized spacial score (nSPS) is 11.4. The van der Waals surface area contributed by atoms with Crippen LogP contribution in [0.4, 0.5) is 5.69 Å². The molecule has 0 spiro atoms. The Bertz CT molecular complexity index is 776. The molecule has 0 unspecified atom stereocenters. The molecule has 2 aromatic carbocycles. The highest BCUT2D eigenvalue weighted by Crippen LogP contribution is 2.33. The van der Waals surface area contributed by atoms with Gasteiger partial charge in [-0.25, -0.2) is 13.1 Å². The number of halogens is 1. The summed E-state index contributed by atoms with van der Waals surface area (Å²) in [6.45, 7) is 1.84. The summed E-state index contributed by atoms with van der Waals surface area (Å²) in [5, 5.41) is 0.504. The number of hydrogen-bond donors (Lipinski definition) is 2. The van der Waals surface area contributed by atoms with E-state index in [-0.39, 0.29) is 10.6 Å². The number of nitrogens with one attached hydrogen (secondary N) is 1. The van der Waals surface area contributed by atoms with E-state index in [1.165, 1.54) is 19.2 Å². The third kappa shape index (κ3) is 3.47. The van der Waals surface area contributed by atoms with Crippen molar-refractivity contribution in [2.45, 2.75) is 11.8 Å². The van der Waals surface area contributed by atoms with Crippen LogP contribution in [0.3, 0.4) is 0 Å². The molecule has 0 amide bonds. The van der Waals surface area contributed by atoms with Gasteiger partial charge in [0, 0.05) is 10.7 Å². The molecule has 2 rings (SSSR count). The summed E-state index contributed by atoms with van der Waals surface area (Å²) in [4.78, 5) is -0.0237. The van der Waals surface area contributed by atoms with Crippen LogP contribution in [0.1, 0.15) is 5.56 Å². The number of ether oxygens (including phenoxy) is 1. The number of nitrogen functional groups attached to an aromatic ring is 1. The molecule has 0 radical (unpaired) electrons. The van der Waals surface area contributed by atoms with Crippen molar-refractivity contribution in [3.05, 3.63) is 47.0 Å². The predicted octanol–water partition coefficient (Wildman–Crippen LogP) is 2.93. The highest BCUT2D eigenvalue weighted by Gasteiger charge is 2.19. The van der Waals surface area contributed by atoms with Gasteiger partial charge in [-0.3, -0.25) is 0 Å². The zero-order valence-corrected chi connectivity index (χ0v) is 13.1. The Balaban J connectivity index is 2.52. The first-order valence-electron chi connectivity index (χ1n) is 6.10. The van der Waals surface area contributed by atoms with Crippen molar-refractivity contribution >= 4 is 27.3 Å². The number of hydrogen-bond acceptors (Lipinski definition) is 4. The predicted molar refractivity (Wildman–Crippen MR) is 83.4 cm³/mol. The fraction of sp³-hybridized carbons (Fsp3) is 0.143. The standard InChI is InChI=1S/C14H15ClN2O3S/c1-9-3-4-10(15)7-13(9)20-12-6-5-11(16)8-14(12)21(18,19)17-2/h3-8,17H,16H2,1-2H3. The SMILES string of the molecule is CNS(=O)(=O)c1cc(N)ccc1Oc1cc(Cl)ccc1C. The monoisotopic (exact) mass is 326 g/mol. The number of aryl methyl sites for hydroxylation is 1. The summed E-state index contributed by atoms with van der Waals surface area (Å²) in [7, 11) is -2.36. The van der Waals surface area contributed by atoms with Crippen LogP contribution in [0, 0.1) is 6.92 Å². The summed E-state index contributed by atoms with van der Waals surface area (Å²) >= 11 is 5.93. The summed E-state index contributed by atoms with van der Waals surface area (Å²) in [6, 6.07) is 9.59. The third-order valence-corrected chi connectivity index (χ3v) is 4.57. The molecule has 0 fully saturated rings. The number of nitrogens with two attached hydrogens (primary N) is 1. The minimum Gasteiger partial charge on any atom is -0.456 e. The Morgan fingerprint density at radius 1 is 1.14 bits per heavy atom. The Hall–Kier alpha value is -1.76. The van der Waals surface area contributed by atoms with Crippen LogP contribution in [0.5, 0.6) is 11.5 Å². The average molecular weight is 327 g/mol. The molecule has 5 nitrogen and oxygen atoms in total. The lowest BCUT2D eigenvalue weighted by atomic mass is 10.2. The molecule has 0 aliphatic carbocycles. The molecule has 3 N–H and O–H groups in total. The van der Waals surface area contributed by atoms with Crippen LogP contribution in [-0.4, -0.2) is 15.5 Å². The van der Waals surface area contributed by atoms with E-state index < -0.39 is 10.0 Å². The van der Waals surface area contributed by atoms with Crippen LogP contribution in [0.2, 0.25) is 5.02 Å². The lowest BCUT2D eigenvalue weighted by molar-refractivity contribution is 0.463. The molecule has 0 aliphatic rings. The average Bonchev–Trinajstić information content (AvgIpc) is 2.44. The van der Waals surface area contributed by atoms with E-state index in [9.17, 15) is 8.42 Å². The summed E-state index contributed by atoms with van der Waals surface area (Å²) < 4.78 is 32.0. The largest absolute Gasteiger partial charge is 0.456 e. The van der Waals surface area contributed by atoms with Crippen molar-refractivity contribution in [3.8, 4) is 11.5 Å². The molecule has 21 heavy (non-hydrogen) atoms. The van der Waals surface area contributed by atoms with Crippen molar-refractivity contribution in [3.63, 3.8) is 0 Å². The Kier molecular flexibility index (Phi) is 4.41. The lowest BCUT2D eigenvalue weighted by Gasteiger charge is -2.13. The molecule has 0 aromatic heterocycles. The van der Waals surface area contributed by atoms with Crippen molar-refractivity contribution in [2.24, 2.45) is 0 Å².